The minimum absolute atomic E-state index is 0.449. The van der Waals surface area contributed by atoms with E-state index in [2.05, 4.69) is 31.7 Å². The minimum atomic E-state index is 0.449. The van der Waals surface area contributed by atoms with Crippen LogP contribution in [0.5, 0.6) is 0 Å². The summed E-state index contributed by atoms with van der Waals surface area (Å²) in [5.41, 5.74) is 4.03. The highest BCUT2D eigenvalue weighted by atomic mass is 15.1. The first kappa shape index (κ1) is 18.1. The van der Waals surface area contributed by atoms with E-state index in [-0.39, 0.29) is 0 Å². The van der Waals surface area contributed by atoms with Gasteiger partial charge in [0, 0.05) is 23.5 Å². The van der Waals surface area contributed by atoms with Gasteiger partial charge in [0.05, 0.1) is 29.6 Å². The summed E-state index contributed by atoms with van der Waals surface area (Å²) in [5.74, 6) is 1.13. The van der Waals surface area contributed by atoms with Gasteiger partial charge in [-0.15, -0.1) is 0 Å². The number of aromatic nitrogens is 3. The second-order valence-electron chi connectivity index (χ2n) is 6.32. The summed E-state index contributed by atoms with van der Waals surface area (Å²) in [6.45, 7) is 0.551. The first-order chi connectivity index (χ1) is 14.3. The van der Waals surface area contributed by atoms with Crippen LogP contribution in [0, 0.1) is 11.3 Å². The van der Waals surface area contributed by atoms with Crippen molar-refractivity contribution in [2.75, 3.05) is 10.6 Å². The molecule has 6 nitrogen and oxygen atoms in total. The zero-order chi connectivity index (χ0) is 19.9. The van der Waals surface area contributed by atoms with Crippen molar-refractivity contribution >= 4 is 17.5 Å². The van der Waals surface area contributed by atoms with Crippen molar-refractivity contribution in [1.29, 1.82) is 5.26 Å². The third kappa shape index (κ3) is 4.73. The van der Waals surface area contributed by atoms with Crippen LogP contribution in [0.4, 0.5) is 17.5 Å². The predicted octanol–water partition coefficient (Wildman–Crippen LogP) is 4.77. The van der Waals surface area contributed by atoms with E-state index in [4.69, 9.17) is 5.26 Å². The summed E-state index contributed by atoms with van der Waals surface area (Å²) in [6.07, 6.45) is 1.77. The van der Waals surface area contributed by atoms with Crippen molar-refractivity contribution in [3.63, 3.8) is 0 Å². The lowest BCUT2D eigenvalue weighted by atomic mass is 10.1. The quantitative estimate of drug-likeness (QED) is 0.503. The number of pyridine rings is 1. The Hall–Kier alpha value is -4.24. The van der Waals surface area contributed by atoms with Crippen LogP contribution in [-0.4, -0.2) is 15.0 Å². The molecule has 0 bridgehead atoms. The molecule has 6 heteroatoms. The van der Waals surface area contributed by atoms with Crippen molar-refractivity contribution in [3.8, 4) is 17.3 Å². The van der Waals surface area contributed by atoms with E-state index in [1.807, 2.05) is 66.7 Å². The summed E-state index contributed by atoms with van der Waals surface area (Å²) in [7, 11) is 0. The van der Waals surface area contributed by atoms with Crippen LogP contribution in [0.15, 0.2) is 85.1 Å². The molecule has 0 aliphatic rings. The van der Waals surface area contributed by atoms with Gasteiger partial charge in [0.2, 0.25) is 5.95 Å². The molecule has 0 fully saturated rings. The molecule has 4 aromatic rings. The number of nitrogens with zero attached hydrogens (tertiary/aromatic N) is 4. The first-order valence-electron chi connectivity index (χ1n) is 9.16. The Morgan fingerprint density at radius 3 is 2.52 bits per heavy atom. The van der Waals surface area contributed by atoms with Crippen molar-refractivity contribution in [2.45, 2.75) is 6.54 Å². The minimum Gasteiger partial charge on any atom is -0.364 e. The second-order valence-corrected chi connectivity index (χ2v) is 6.32. The van der Waals surface area contributed by atoms with Crippen molar-refractivity contribution in [2.24, 2.45) is 0 Å². The molecule has 0 aliphatic carbocycles. The molecule has 0 aliphatic heterocycles. The molecule has 29 heavy (non-hydrogen) atoms. The maximum Gasteiger partial charge on any atom is 0.229 e. The molecule has 0 spiro atoms. The van der Waals surface area contributed by atoms with E-state index in [9.17, 15) is 0 Å². The number of anilines is 3. The fourth-order valence-electron chi connectivity index (χ4n) is 2.83. The van der Waals surface area contributed by atoms with Crippen LogP contribution < -0.4 is 10.6 Å². The zero-order valence-electron chi connectivity index (χ0n) is 15.6. The molecule has 0 saturated heterocycles. The molecule has 0 atom stereocenters. The van der Waals surface area contributed by atoms with Gasteiger partial charge in [0.1, 0.15) is 5.82 Å². The summed E-state index contributed by atoms with van der Waals surface area (Å²) >= 11 is 0. The van der Waals surface area contributed by atoms with Crippen LogP contribution in [0.25, 0.3) is 11.3 Å². The lowest BCUT2D eigenvalue weighted by molar-refractivity contribution is 1.02. The van der Waals surface area contributed by atoms with Crippen molar-refractivity contribution < 1.29 is 0 Å². The van der Waals surface area contributed by atoms with Gasteiger partial charge in [0.15, 0.2) is 0 Å². The molecule has 0 radical (unpaired) electrons. The fraction of sp³-hybridized carbons (Fsp3) is 0.0435. The molecule has 2 heterocycles. The standard InChI is InChI=1S/C23H18N6/c24-15-17-7-6-11-19(13-17)27-23-28-21(18-8-2-1-3-9-18)14-22(29-23)26-16-20-10-4-5-12-25-20/h1-14H,16H2,(H2,26,27,28,29). The largest absolute Gasteiger partial charge is 0.364 e. The van der Waals surface area contributed by atoms with E-state index in [1.165, 1.54) is 0 Å². The molecular weight excluding hydrogens is 360 g/mol. The molecular formula is C23H18N6. The lowest BCUT2D eigenvalue weighted by Gasteiger charge is -2.11. The Labute approximate surface area is 168 Å². The molecule has 2 aromatic carbocycles. The van der Waals surface area contributed by atoms with Gasteiger partial charge in [-0.25, -0.2) is 4.98 Å². The predicted molar refractivity (Wildman–Crippen MR) is 113 cm³/mol. The summed E-state index contributed by atoms with van der Waals surface area (Å²) in [4.78, 5) is 13.6. The number of hydrogen-bond donors (Lipinski definition) is 2. The third-order valence-corrected chi connectivity index (χ3v) is 4.22. The van der Waals surface area contributed by atoms with Crippen molar-refractivity contribution in [1.82, 2.24) is 15.0 Å². The summed E-state index contributed by atoms with van der Waals surface area (Å²) in [5, 5.41) is 15.6. The number of nitriles is 1. The third-order valence-electron chi connectivity index (χ3n) is 4.22. The molecule has 0 saturated carbocycles. The Morgan fingerprint density at radius 1 is 0.862 bits per heavy atom. The van der Waals surface area contributed by atoms with E-state index >= 15 is 0 Å². The van der Waals surface area contributed by atoms with E-state index < -0.39 is 0 Å². The fourth-order valence-corrected chi connectivity index (χ4v) is 2.83. The van der Waals surface area contributed by atoms with Gasteiger partial charge < -0.3 is 10.6 Å². The highest BCUT2D eigenvalue weighted by Gasteiger charge is 2.08. The Balaban J connectivity index is 1.65. The number of hydrogen-bond acceptors (Lipinski definition) is 6. The van der Waals surface area contributed by atoms with Gasteiger partial charge in [-0.3, -0.25) is 4.98 Å². The average molecular weight is 378 g/mol. The maximum atomic E-state index is 9.12. The smallest absolute Gasteiger partial charge is 0.229 e. The van der Waals surface area contributed by atoms with Gasteiger partial charge in [-0.1, -0.05) is 42.5 Å². The number of rotatable bonds is 6. The topological polar surface area (TPSA) is 86.5 Å². The monoisotopic (exact) mass is 378 g/mol. The molecule has 0 amide bonds. The molecule has 140 valence electrons. The Kier molecular flexibility index (Phi) is 5.40. The van der Waals surface area contributed by atoms with Crippen LogP contribution in [-0.2, 0) is 6.54 Å². The van der Waals surface area contributed by atoms with Crippen LogP contribution >= 0.6 is 0 Å². The lowest BCUT2D eigenvalue weighted by Crippen LogP contribution is -2.06. The SMILES string of the molecule is N#Cc1cccc(Nc2nc(NCc3ccccn3)cc(-c3ccccc3)n2)c1. The first-order valence-corrected chi connectivity index (χ1v) is 9.16. The Morgan fingerprint density at radius 2 is 1.72 bits per heavy atom. The van der Waals surface area contributed by atoms with Crippen molar-refractivity contribution in [3.05, 3.63) is 96.3 Å². The van der Waals surface area contributed by atoms with Crippen LogP contribution in [0.3, 0.4) is 0 Å². The number of benzene rings is 2. The van der Waals surface area contributed by atoms with Gasteiger partial charge in [0.25, 0.3) is 0 Å². The van der Waals surface area contributed by atoms with Gasteiger partial charge >= 0.3 is 0 Å². The average Bonchev–Trinajstić information content (AvgIpc) is 2.79. The van der Waals surface area contributed by atoms with Crippen LogP contribution in [0.2, 0.25) is 0 Å². The Bertz CT molecular complexity index is 1140. The molecule has 2 aromatic heterocycles. The van der Waals surface area contributed by atoms with Crippen LogP contribution in [0.1, 0.15) is 11.3 Å². The zero-order valence-corrected chi connectivity index (χ0v) is 15.6. The summed E-state index contributed by atoms with van der Waals surface area (Å²) < 4.78 is 0. The van der Waals surface area contributed by atoms with E-state index in [0.717, 1.165) is 22.6 Å². The second kappa shape index (κ2) is 8.63. The maximum absolute atomic E-state index is 9.12. The highest BCUT2D eigenvalue weighted by molar-refractivity contribution is 5.66. The summed E-state index contributed by atoms with van der Waals surface area (Å²) in [6, 6.07) is 27.0. The molecule has 2 N–H and O–H groups in total. The van der Waals surface area contributed by atoms with Gasteiger partial charge in [-0.2, -0.15) is 10.2 Å². The van der Waals surface area contributed by atoms with E-state index in [0.29, 0.717) is 23.9 Å². The van der Waals surface area contributed by atoms with E-state index in [1.54, 1.807) is 18.3 Å². The molecule has 4 rings (SSSR count). The normalized spacial score (nSPS) is 10.2. The number of nitrogens with one attached hydrogen (secondary N) is 2. The highest BCUT2D eigenvalue weighted by Crippen LogP contribution is 2.23. The van der Waals surface area contributed by atoms with Gasteiger partial charge in [-0.05, 0) is 30.3 Å². The molecule has 0 unspecified atom stereocenters.